The van der Waals surface area contributed by atoms with Gasteiger partial charge in [0.15, 0.2) is 0 Å². The maximum absolute atomic E-state index is 13.4. The van der Waals surface area contributed by atoms with Crippen LogP contribution in [0.2, 0.25) is 0 Å². The summed E-state index contributed by atoms with van der Waals surface area (Å²) >= 11 is 0. The summed E-state index contributed by atoms with van der Waals surface area (Å²) < 4.78 is 15.1. The molecule has 1 aliphatic heterocycles. The van der Waals surface area contributed by atoms with E-state index >= 15 is 0 Å². The van der Waals surface area contributed by atoms with Crippen molar-refractivity contribution in [3.8, 4) is 11.3 Å². The van der Waals surface area contributed by atoms with Crippen LogP contribution in [-0.4, -0.2) is 56.6 Å². The van der Waals surface area contributed by atoms with Gasteiger partial charge in [0.2, 0.25) is 5.91 Å². The molecule has 0 spiro atoms. The van der Waals surface area contributed by atoms with Gasteiger partial charge in [0.25, 0.3) is 0 Å². The van der Waals surface area contributed by atoms with Crippen LogP contribution in [-0.2, 0) is 11.8 Å². The number of pyridine rings is 1. The quantitative estimate of drug-likeness (QED) is 0.717. The predicted molar refractivity (Wildman–Crippen MR) is 110 cm³/mol. The maximum Gasteiger partial charge on any atom is 0.239 e. The Hall–Kier alpha value is -2.87. The number of carbonyl (C=O) groups excluding carboxylic acids is 1. The zero-order valence-electron chi connectivity index (χ0n) is 16.7. The van der Waals surface area contributed by atoms with Crippen molar-refractivity contribution in [2.45, 2.75) is 25.9 Å². The average molecular weight is 396 g/mol. The molecule has 1 saturated heterocycles. The van der Waals surface area contributed by atoms with Crippen molar-refractivity contribution in [2.75, 3.05) is 25.0 Å². The second-order valence-corrected chi connectivity index (χ2v) is 7.75. The lowest BCUT2D eigenvalue weighted by atomic mass is 9.93. The zero-order chi connectivity index (χ0) is 20.4. The minimum atomic E-state index is -0.778. The standard InChI is InChI=1S/C21H25FN6O/c1-14(22)15-5-7-28(8-6-15)13-21(29)24-20-10-18-9-16(3-4-17(18)11-23-20)19-12-27(2)26-25-19/h3-4,9-12,14-15H,5-8,13H2,1-2H3,(H,23,24,29)/t14-/m0/s1. The van der Waals surface area contributed by atoms with Gasteiger partial charge in [-0.1, -0.05) is 17.3 Å². The number of aromatic nitrogens is 4. The van der Waals surface area contributed by atoms with E-state index in [0.29, 0.717) is 12.4 Å². The Morgan fingerprint density at radius 3 is 2.76 bits per heavy atom. The minimum absolute atomic E-state index is 0.103. The van der Waals surface area contributed by atoms with E-state index < -0.39 is 6.17 Å². The fourth-order valence-electron chi connectivity index (χ4n) is 3.80. The summed E-state index contributed by atoms with van der Waals surface area (Å²) in [6, 6.07) is 7.84. The molecule has 1 aliphatic rings. The van der Waals surface area contributed by atoms with Crippen LogP contribution in [0.25, 0.3) is 22.0 Å². The van der Waals surface area contributed by atoms with Gasteiger partial charge in [0.1, 0.15) is 17.7 Å². The van der Waals surface area contributed by atoms with Crippen molar-refractivity contribution < 1.29 is 9.18 Å². The highest BCUT2D eigenvalue weighted by molar-refractivity contribution is 5.94. The molecule has 1 N–H and O–H groups in total. The maximum atomic E-state index is 13.4. The molecule has 1 amide bonds. The number of hydrogen-bond acceptors (Lipinski definition) is 5. The molecule has 0 aliphatic carbocycles. The zero-order valence-corrected chi connectivity index (χ0v) is 16.7. The molecule has 3 aromatic rings. The summed E-state index contributed by atoms with van der Waals surface area (Å²) in [4.78, 5) is 18.9. The Kier molecular flexibility index (Phi) is 5.53. The van der Waals surface area contributed by atoms with Gasteiger partial charge in [0.05, 0.1) is 12.7 Å². The van der Waals surface area contributed by atoms with E-state index in [-0.39, 0.29) is 11.8 Å². The molecule has 3 heterocycles. The number of nitrogens with one attached hydrogen (secondary N) is 1. The second kappa shape index (κ2) is 8.24. The van der Waals surface area contributed by atoms with Gasteiger partial charge in [0, 0.05) is 24.2 Å². The minimum Gasteiger partial charge on any atom is -0.310 e. The number of nitrogens with zero attached hydrogens (tertiary/aromatic N) is 5. The van der Waals surface area contributed by atoms with Crippen LogP contribution in [0.1, 0.15) is 19.8 Å². The van der Waals surface area contributed by atoms with Crippen LogP contribution in [0.5, 0.6) is 0 Å². The molecule has 0 saturated carbocycles. The Balaban J connectivity index is 1.42. The lowest BCUT2D eigenvalue weighted by Crippen LogP contribution is -2.40. The number of anilines is 1. The molecule has 8 heteroatoms. The molecular formula is C21H25FN6O. The van der Waals surface area contributed by atoms with Gasteiger partial charge in [-0.25, -0.2) is 9.37 Å². The highest BCUT2D eigenvalue weighted by Crippen LogP contribution is 2.24. The number of halogens is 1. The van der Waals surface area contributed by atoms with Crippen LogP contribution in [0.3, 0.4) is 0 Å². The van der Waals surface area contributed by atoms with Gasteiger partial charge in [-0.2, -0.15) is 0 Å². The van der Waals surface area contributed by atoms with Gasteiger partial charge < -0.3 is 5.32 Å². The molecule has 0 unspecified atom stereocenters. The number of alkyl halides is 1. The average Bonchev–Trinajstić information content (AvgIpc) is 3.14. The molecule has 152 valence electrons. The van der Waals surface area contributed by atoms with Crippen LogP contribution in [0.4, 0.5) is 10.2 Å². The third-order valence-corrected chi connectivity index (χ3v) is 5.54. The van der Waals surface area contributed by atoms with Crippen molar-refractivity contribution in [3.63, 3.8) is 0 Å². The van der Waals surface area contributed by atoms with Crippen molar-refractivity contribution in [3.05, 3.63) is 36.7 Å². The molecule has 0 bridgehead atoms. The summed E-state index contributed by atoms with van der Waals surface area (Å²) in [6.45, 7) is 3.42. The van der Waals surface area contributed by atoms with Gasteiger partial charge in [-0.05, 0) is 56.3 Å². The first-order valence-electron chi connectivity index (χ1n) is 9.91. The molecule has 2 aromatic heterocycles. The molecule has 1 fully saturated rings. The SMILES string of the molecule is C[C@H](F)C1CCN(CC(=O)Nc2cc3cc(-c4cn(C)nn4)ccc3cn2)CC1. The molecule has 4 rings (SSSR count). The number of rotatable bonds is 5. The van der Waals surface area contributed by atoms with Crippen LogP contribution in [0, 0.1) is 5.92 Å². The number of carbonyl (C=O) groups is 1. The highest BCUT2D eigenvalue weighted by atomic mass is 19.1. The van der Waals surface area contributed by atoms with Gasteiger partial charge in [-0.15, -0.1) is 5.10 Å². The normalized spacial score (nSPS) is 16.8. The Bertz CT molecular complexity index is 1010. The Morgan fingerprint density at radius 2 is 2.07 bits per heavy atom. The fraction of sp³-hybridized carbons (Fsp3) is 0.429. The van der Waals surface area contributed by atoms with E-state index in [4.69, 9.17) is 0 Å². The van der Waals surface area contributed by atoms with E-state index in [1.807, 2.05) is 37.5 Å². The Morgan fingerprint density at radius 1 is 1.28 bits per heavy atom. The summed E-state index contributed by atoms with van der Waals surface area (Å²) in [7, 11) is 1.83. The smallest absolute Gasteiger partial charge is 0.239 e. The van der Waals surface area contributed by atoms with Crippen LogP contribution < -0.4 is 5.32 Å². The third kappa shape index (κ3) is 4.59. The fourth-order valence-corrected chi connectivity index (χ4v) is 3.80. The third-order valence-electron chi connectivity index (χ3n) is 5.54. The summed E-state index contributed by atoms with van der Waals surface area (Å²) in [5, 5.41) is 12.9. The topological polar surface area (TPSA) is 75.9 Å². The highest BCUT2D eigenvalue weighted by Gasteiger charge is 2.24. The van der Waals surface area contributed by atoms with Gasteiger partial charge >= 0.3 is 0 Å². The van der Waals surface area contributed by atoms with Crippen molar-refractivity contribution >= 4 is 22.5 Å². The number of hydrogen-bond donors (Lipinski definition) is 1. The summed E-state index contributed by atoms with van der Waals surface area (Å²) in [6.07, 6.45) is 4.42. The first-order chi connectivity index (χ1) is 14.0. The van der Waals surface area contributed by atoms with Gasteiger partial charge in [-0.3, -0.25) is 14.4 Å². The van der Waals surface area contributed by atoms with Crippen LogP contribution in [0.15, 0.2) is 36.7 Å². The molecular weight excluding hydrogens is 371 g/mol. The number of piperidine rings is 1. The first kappa shape index (κ1) is 19.4. The molecule has 29 heavy (non-hydrogen) atoms. The van der Waals surface area contributed by atoms with Crippen molar-refractivity contribution in [2.24, 2.45) is 13.0 Å². The van der Waals surface area contributed by atoms with E-state index in [2.05, 4.69) is 25.5 Å². The number of fused-ring (bicyclic) bond motifs is 1. The number of amides is 1. The van der Waals surface area contributed by atoms with Crippen molar-refractivity contribution in [1.29, 1.82) is 0 Å². The first-order valence-corrected chi connectivity index (χ1v) is 9.91. The summed E-state index contributed by atoms with van der Waals surface area (Å²) in [5.74, 6) is 0.528. The number of aryl methyl sites for hydroxylation is 1. The molecule has 7 nitrogen and oxygen atoms in total. The number of benzene rings is 1. The molecule has 1 aromatic carbocycles. The predicted octanol–water partition coefficient (Wildman–Crippen LogP) is 3.04. The lowest BCUT2D eigenvalue weighted by molar-refractivity contribution is -0.117. The summed E-state index contributed by atoms with van der Waals surface area (Å²) in [5.41, 5.74) is 1.75. The second-order valence-electron chi connectivity index (χ2n) is 7.75. The molecule has 0 radical (unpaired) electrons. The largest absolute Gasteiger partial charge is 0.310 e. The van der Waals surface area contributed by atoms with E-state index in [0.717, 1.165) is 48.0 Å². The van der Waals surface area contributed by atoms with Crippen LogP contribution >= 0.6 is 0 Å². The Labute approximate surface area is 168 Å². The monoisotopic (exact) mass is 396 g/mol. The molecule has 1 atom stereocenters. The van der Waals surface area contributed by atoms with E-state index in [1.54, 1.807) is 17.8 Å². The van der Waals surface area contributed by atoms with Crippen molar-refractivity contribution in [1.82, 2.24) is 24.9 Å². The van der Waals surface area contributed by atoms with E-state index in [1.165, 1.54) is 0 Å². The lowest BCUT2D eigenvalue weighted by Gasteiger charge is -2.31. The van der Waals surface area contributed by atoms with E-state index in [9.17, 15) is 9.18 Å². The number of likely N-dealkylation sites (tertiary alicyclic amines) is 1.